The second-order valence-corrected chi connectivity index (χ2v) is 8.75. The van der Waals surface area contributed by atoms with Crippen molar-refractivity contribution >= 4 is 21.6 Å². The number of quaternary nitrogens is 2. The van der Waals surface area contributed by atoms with Gasteiger partial charge in [-0.3, -0.25) is 0 Å². The van der Waals surface area contributed by atoms with Gasteiger partial charge in [-0.05, 0) is 37.1 Å². The molecule has 1 heterocycles. The van der Waals surface area contributed by atoms with Crippen molar-refractivity contribution in [3.63, 3.8) is 0 Å². The van der Waals surface area contributed by atoms with E-state index in [1.807, 2.05) is 0 Å². The lowest BCUT2D eigenvalue weighted by Crippen LogP contribution is -3.24. The van der Waals surface area contributed by atoms with Crippen molar-refractivity contribution in [1.29, 1.82) is 0 Å². The summed E-state index contributed by atoms with van der Waals surface area (Å²) in [6, 6.07) is 6.84. The standard InChI is InChI=1S/C16H24ClN3O2S/c17-13-5-7-14(8-6-13)23(21,22)19-15-3-1-2-4-16(15)20-11-9-18-10-12-20/h5-8,15-16,18-19H,1-4,9-12H2/p+2/t15-,16+/m0/s1. The van der Waals surface area contributed by atoms with Crippen molar-refractivity contribution < 1.29 is 18.6 Å². The van der Waals surface area contributed by atoms with Gasteiger partial charge in [-0.2, -0.15) is 0 Å². The average Bonchev–Trinajstić information content (AvgIpc) is 2.56. The van der Waals surface area contributed by atoms with E-state index in [2.05, 4.69) is 10.0 Å². The molecule has 0 bridgehead atoms. The molecule has 0 spiro atoms. The van der Waals surface area contributed by atoms with Crippen LogP contribution in [-0.4, -0.2) is 46.7 Å². The van der Waals surface area contributed by atoms with Gasteiger partial charge in [-0.15, -0.1) is 0 Å². The molecule has 1 saturated heterocycles. The highest BCUT2D eigenvalue weighted by Crippen LogP contribution is 2.20. The van der Waals surface area contributed by atoms with Crippen LogP contribution in [0.15, 0.2) is 29.2 Å². The maximum Gasteiger partial charge on any atom is 0.241 e. The zero-order valence-electron chi connectivity index (χ0n) is 13.3. The molecule has 128 valence electrons. The Bertz CT molecular complexity index is 615. The van der Waals surface area contributed by atoms with Gasteiger partial charge in [-0.1, -0.05) is 18.0 Å². The van der Waals surface area contributed by atoms with Gasteiger partial charge in [0.05, 0.1) is 10.9 Å². The van der Waals surface area contributed by atoms with Gasteiger partial charge < -0.3 is 10.2 Å². The number of halogens is 1. The Kier molecular flexibility index (Phi) is 5.59. The van der Waals surface area contributed by atoms with Gasteiger partial charge in [0.15, 0.2) is 0 Å². The van der Waals surface area contributed by atoms with Crippen LogP contribution < -0.4 is 14.9 Å². The van der Waals surface area contributed by atoms with E-state index in [-0.39, 0.29) is 6.04 Å². The molecule has 1 aliphatic heterocycles. The van der Waals surface area contributed by atoms with Crippen LogP contribution in [0, 0.1) is 0 Å². The van der Waals surface area contributed by atoms with E-state index in [0.29, 0.717) is 16.0 Å². The number of benzene rings is 1. The Morgan fingerprint density at radius 1 is 1.09 bits per heavy atom. The first kappa shape index (κ1) is 17.2. The summed E-state index contributed by atoms with van der Waals surface area (Å²) in [4.78, 5) is 1.87. The minimum Gasteiger partial charge on any atom is -0.337 e. The smallest absolute Gasteiger partial charge is 0.241 e. The highest BCUT2D eigenvalue weighted by molar-refractivity contribution is 7.89. The lowest BCUT2D eigenvalue weighted by atomic mass is 9.89. The van der Waals surface area contributed by atoms with E-state index in [9.17, 15) is 8.42 Å². The summed E-state index contributed by atoms with van der Waals surface area (Å²) >= 11 is 5.86. The number of nitrogens with one attached hydrogen (secondary N) is 2. The van der Waals surface area contributed by atoms with E-state index in [1.54, 1.807) is 29.2 Å². The largest absolute Gasteiger partial charge is 0.337 e. The molecule has 2 fully saturated rings. The number of hydrogen-bond donors (Lipinski definition) is 3. The van der Waals surface area contributed by atoms with Crippen molar-refractivity contribution in [3.8, 4) is 0 Å². The fourth-order valence-electron chi connectivity index (χ4n) is 3.86. The van der Waals surface area contributed by atoms with Gasteiger partial charge in [0.25, 0.3) is 0 Å². The fraction of sp³-hybridized carbons (Fsp3) is 0.625. The molecule has 0 unspecified atom stereocenters. The molecule has 2 atom stereocenters. The second kappa shape index (κ2) is 7.49. The molecular formula is C16H26ClN3O2S+2. The SMILES string of the molecule is O=S(=O)(N[C@H]1CCCC[C@H]1[NH+]1CC[NH2+]CC1)c1ccc(Cl)cc1. The van der Waals surface area contributed by atoms with E-state index < -0.39 is 10.0 Å². The maximum absolute atomic E-state index is 12.7. The van der Waals surface area contributed by atoms with Crippen molar-refractivity contribution in [3.05, 3.63) is 29.3 Å². The van der Waals surface area contributed by atoms with E-state index >= 15 is 0 Å². The van der Waals surface area contributed by atoms with E-state index in [0.717, 1.165) is 45.4 Å². The maximum atomic E-state index is 12.7. The number of sulfonamides is 1. The van der Waals surface area contributed by atoms with Crippen LogP contribution in [0.2, 0.25) is 5.02 Å². The molecule has 7 heteroatoms. The molecule has 1 aromatic rings. The molecule has 1 aromatic carbocycles. The molecule has 1 saturated carbocycles. The van der Waals surface area contributed by atoms with E-state index in [1.165, 1.54) is 6.42 Å². The van der Waals surface area contributed by atoms with Crippen LogP contribution in [0.3, 0.4) is 0 Å². The topological polar surface area (TPSA) is 67.2 Å². The van der Waals surface area contributed by atoms with Gasteiger partial charge >= 0.3 is 0 Å². The molecule has 4 N–H and O–H groups in total. The summed E-state index contributed by atoms with van der Waals surface area (Å²) in [5, 5.41) is 2.90. The summed E-state index contributed by atoms with van der Waals surface area (Å²) in [5.41, 5.74) is 0. The Morgan fingerprint density at radius 3 is 2.43 bits per heavy atom. The van der Waals surface area contributed by atoms with Crippen LogP contribution in [0.1, 0.15) is 25.7 Å². The normalized spacial score (nSPS) is 27.0. The van der Waals surface area contributed by atoms with Gasteiger partial charge in [0.2, 0.25) is 10.0 Å². The highest BCUT2D eigenvalue weighted by Gasteiger charge is 2.37. The quantitative estimate of drug-likeness (QED) is 0.671. The zero-order valence-corrected chi connectivity index (χ0v) is 14.9. The molecule has 2 aliphatic rings. The van der Waals surface area contributed by atoms with Gasteiger partial charge in [-0.25, -0.2) is 13.1 Å². The molecule has 23 heavy (non-hydrogen) atoms. The lowest BCUT2D eigenvalue weighted by molar-refractivity contribution is -0.968. The third kappa shape index (κ3) is 4.25. The molecule has 0 aromatic heterocycles. The van der Waals surface area contributed by atoms with Crippen molar-refractivity contribution in [2.45, 2.75) is 42.7 Å². The highest BCUT2D eigenvalue weighted by atomic mass is 35.5. The van der Waals surface area contributed by atoms with Gasteiger partial charge in [0.1, 0.15) is 32.2 Å². The molecule has 3 rings (SSSR count). The summed E-state index contributed by atoms with van der Waals surface area (Å²) in [6.45, 7) is 4.54. The number of nitrogens with two attached hydrogens (primary N) is 1. The molecule has 0 radical (unpaired) electrons. The Labute approximate surface area is 143 Å². The third-order valence-electron chi connectivity index (χ3n) is 5.06. The summed E-state index contributed by atoms with van der Waals surface area (Å²) in [6.07, 6.45) is 4.36. The minimum atomic E-state index is -3.48. The fourth-order valence-corrected chi connectivity index (χ4v) is 5.29. The number of piperazine rings is 1. The summed E-state index contributed by atoms with van der Waals surface area (Å²) < 4.78 is 28.3. The first-order valence-corrected chi connectivity index (χ1v) is 10.4. The summed E-state index contributed by atoms with van der Waals surface area (Å²) in [5.74, 6) is 0. The van der Waals surface area contributed by atoms with Crippen LogP contribution >= 0.6 is 11.6 Å². The predicted octanol–water partition coefficient (Wildman–Crippen LogP) is -0.609. The Hall–Kier alpha value is -0.660. The van der Waals surface area contributed by atoms with Crippen LogP contribution in [0.4, 0.5) is 0 Å². The zero-order chi connectivity index (χ0) is 16.3. The van der Waals surface area contributed by atoms with Crippen molar-refractivity contribution in [2.75, 3.05) is 26.2 Å². The third-order valence-corrected chi connectivity index (χ3v) is 6.82. The minimum absolute atomic E-state index is 0.0394. The van der Waals surface area contributed by atoms with Crippen LogP contribution in [-0.2, 0) is 10.0 Å². The number of rotatable bonds is 4. The monoisotopic (exact) mass is 359 g/mol. The molecule has 1 aliphatic carbocycles. The second-order valence-electron chi connectivity index (χ2n) is 6.60. The van der Waals surface area contributed by atoms with Crippen molar-refractivity contribution in [1.82, 2.24) is 4.72 Å². The first-order valence-electron chi connectivity index (χ1n) is 8.50. The molecular weight excluding hydrogens is 334 g/mol. The average molecular weight is 360 g/mol. The summed E-state index contributed by atoms with van der Waals surface area (Å²) in [7, 11) is -3.48. The predicted molar refractivity (Wildman–Crippen MR) is 90.2 cm³/mol. The van der Waals surface area contributed by atoms with Crippen LogP contribution in [0.5, 0.6) is 0 Å². The molecule has 0 amide bonds. The first-order chi connectivity index (χ1) is 11.1. The van der Waals surface area contributed by atoms with Crippen LogP contribution in [0.25, 0.3) is 0 Å². The van der Waals surface area contributed by atoms with Crippen molar-refractivity contribution in [2.24, 2.45) is 0 Å². The lowest BCUT2D eigenvalue weighted by Gasteiger charge is -2.38. The van der Waals surface area contributed by atoms with E-state index in [4.69, 9.17) is 11.6 Å². The molecule has 5 nitrogen and oxygen atoms in total. The Balaban J connectivity index is 1.74. The Morgan fingerprint density at radius 2 is 1.74 bits per heavy atom. The van der Waals surface area contributed by atoms with Gasteiger partial charge in [0, 0.05) is 11.4 Å². The number of hydrogen-bond acceptors (Lipinski definition) is 2.